The van der Waals surface area contributed by atoms with Crippen molar-refractivity contribution in [3.05, 3.63) is 63.6 Å². The molecule has 1 amide bonds. The Bertz CT molecular complexity index is 774. The quantitative estimate of drug-likeness (QED) is 0.620. The molecule has 2 aromatic rings. The highest BCUT2D eigenvalue weighted by atomic mass is 79.9. The molecule has 0 aliphatic rings. The molecule has 0 fully saturated rings. The molecule has 23 heavy (non-hydrogen) atoms. The molecule has 0 heterocycles. The Morgan fingerprint density at radius 2 is 2.04 bits per heavy atom. The van der Waals surface area contributed by atoms with Gasteiger partial charge in [0.15, 0.2) is 0 Å². The first-order valence-corrected chi connectivity index (χ1v) is 7.31. The van der Waals surface area contributed by atoms with Gasteiger partial charge in [-0.25, -0.2) is 10.2 Å². The van der Waals surface area contributed by atoms with Crippen molar-refractivity contribution < 1.29 is 19.4 Å². The molecule has 0 aromatic heterocycles. The number of benzene rings is 2. The van der Waals surface area contributed by atoms with Gasteiger partial charge in [0.25, 0.3) is 5.91 Å². The van der Waals surface area contributed by atoms with Crippen molar-refractivity contribution in [2.75, 3.05) is 7.11 Å². The van der Waals surface area contributed by atoms with Crippen LogP contribution < -0.4 is 10.2 Å². The second-order valence-electron chi connectivity index (χ2n) is 4.47. The summed E-state index contributed by atoms with van der Waals surface area (Å²) in [6, 6.07) is 11.5. The van der Waals surface area contributed by atoms with Crippen LogP contribution >= 0.6 is 15.9 Å². The summed E-state index contributed by atoms with van der Waals surface area (Å²) in [5.41, 5.74) is 3.39. The van der Waals surface area contributed by atoms with Gasteiger partial charge in [-0.05, 0) is 42.0 Å². The zero-order valence-corrected chi connectivity index (χ0v) is 13.7. The molecule has 0 saturated carbocycles. The summed E-state index contributed by atoms with van der Waals surface area (Å²) in [6.45, 7) is 0. The molecule has 0 atom stereocenters. The van der Waals surface area contributed by atoms with Crippen molar-refractivity contribution in [3.8, 4) is 5.75 Å². The van der Waals surface area contributed by atoms with Crippen LogP contribution in [0.25, 0.3) is 0 Å². The maximum absolute atomic E-state index is 11.9. The van der Waals surface area contributed by atoms with Gasteiger partial charge in [0.2, 0.25) is 0 Å². The number of amides is 1. The second-order valence-corrected chi connectivity index (χ2v) is 5.39. The number of halogens is 1. The molecule has 6 nitrogen and oxygen atoms in total. The summed E-state index contributed by atoms with van der Waals surface area (Å²) in [6.07, 6.45) is 1.36. The molecule has 0 aliphatic carbocycles. The minimum Gasteiger partial charge on any atom is -0.496 e. The Morgan fingerprint density at radius 3 is 2.70 bits per heavy atom. The van der Waals surface area contributed by atoms with Crippen LogP contribution in [0.3, 0.4) is 0 Å². The summed E-state index contributed by atoms with van der Waals surface area (Å²) in [5, 5.41) is 12.9. The third-order valence-electron chi connectivity index (χ3n) is 2.92. The van der Waals surface area contributed by atoms with Crippen LogP contribution in [0, 0.1) is 0 Å². The first-order valence-electron chi connectivity index (χ1n) is 6.51. The smallest absolute Gasteiger partial charge is 0.339 e. The van der Waals surface area contributed by atoms with Crippen molar-refractivity contribution in [3.63, 3.8) is 0 Å². The number of carbonyl (C=O) groups excluding carboxylic acids is 1. The highest BCUT2D eigenvalue weighted by Crippen LogP contribution is 2.19. The predicted molar refractivity (Wildman–Crippen MR) is 89.2 cm³/mol. The maximum atomic E-state index is 11.9. The minimum atomic E-state index is -1.10. The van der Waals surface area contributed by atoms with Gasteiger partial charge in [-0.15, -0.1) is 0 Å². The molecule has 2 aromatic carbocycles. The zero-order chi connectivity index (χ0) is 16.8. The lowest BCUT2D eigenvalue weighted by Gasteiger charge is -2.05. The van der Waals surface area contributed by atoms with Gasteiger partial charge in [0.1, 0.15) is 11.3 Å². The highest BCUT2D eigenvalue weighted by Gasteiger charge is 2.11. The molecule has 0 saturated heterocycles. The standard InChI is InChI=1S/C16H13BrN2O4/c1-23-14-6-5-10(7-13(14)16(21)22)9-18-19-15(20)11-3-2-4-12(17)8-11/h2-9H,1H3,(H,19,20)(H,21,22)/b18-9-. The van der Waals surface area contributed by atoms with Gasteiger partial charge >= 0.3 is 5.97 Å². The lowest BCUT2D eigenvalue weighted by Crippen LogP contribution is -2.17. The molecule has 0 radical (unpaired) electrons. The molecule has 0 bridgehead atoms. The van der Waals surface area contributed by atoms with Gasteiger partial charge in [-0.2, -0.15) is 5.10 Å². The van der Waals surface area contributed by atoms with Crippen LogP contribution in [0.15, 0.2) is 52.0 Å². The first kappa shape index (κ1) is 16.7. The Labute approximate surface area is 140 Å². The van der Waals surface area contributed by atoms with Crippen molar-refractivity contribution in [1.29, 1.82) is 0 Å². The van der Waals surface area contributed by atoms with Gasteiger partial charge in [-0.3, -0.25) is 4.79 Å². The molecule has 2 rings (SSSR count). The summed E-state index contributed by atoms with van der Waals surface area (Å²) < 4.78 is 5.76. The number of hydrogen-bond acceptors (Lipinski definition) is 4. The van der Waals surface area contributed by atoms with E-state index in [2.05, 4.69) is 26.5 Å². The lowest BCUT2D eigenvalue weighted by atomic mass is 10.1. The van der Waals surface area contributed by atoms with Gasteiger partial charge in [0, 0.05) is 10.0 Å². The zero-order valence-electron chi connectivity index (χ0n) is 12.1. The van der Waals surface area contributed by atoms with Crippen molar-refractivity contribution in [1.82, 2.24) is 5.43 Å². The van der Waals surface area contributed by atoms with E-state index in [9.17, 15) is 9.59 Å². The van der Waals surface area contributed by atoms with Crippen LogP contribution in [0.4, 0.5) is 0 Å². The van der Waals surface area contributed by atoms with E-state index in [0.717, 1.165) is 4.47 Å². The minimum absolute atomic E-state index is 0.0229. The molecular formula is C16H13BrN2O4. The topological polar surface area (TPSA) is 88.0 Å². The number of carboxylic acid groups (broad SMARTS) is 1. The molecule has 0 spiro atoms. The fraction of sp³-hybridized carbons (Fsp3) is 0.0625. The largest absolute Gasteiger partial charge is 0.496 e. The third kappa shape index (κ3) is 4.40. The Morgan fingerprint density at radius 1 is 1.26 bits per heavy atom. The van der Waals surface area contributed by atoms with E-state index in [0.29, 0.717) is 11.1 Å². The highest BCUT2D eigenvalue weighted by molar-refractivity contribution is 9.10. The van der Waals surface area contributed by atoms with Crippen molar-refractivity contribution >= 4 is 34.0 Å². The van der Waals surface area contributed by atoms with E-state index in [1.54, 1.807) is 24.3 Å². The normalized spacial score (nSPS) is 10.5. The van der Waals surface area contributed by atoms with Crippen LogP contribution in [0.5, 0.6) is 5.75 Å². The van der Waals surface area contributed by atoms with Gasteiger partial charge in [-0.1, -0.05) is 22.0 Å². The molecule has 7 heteroatoms. The Kier molecular flexibility index (Phi) is 5.48. The molecular weight excluding hydrogens is 364 g/mol. The first-order chi connectivity index (χ1) is 11.0. The van der Waals surface area contributed by atoms with Crippen molar-refractivity contribution in [2.45, 2.75) is 0 Å². The second kappa shape index (κ2) is 7.55. The van der Waals surface area contributed by atoms with Crippen LogP contribution in [0.2, 0.25) is 0 Å². The number of carboxylic acids is 1. The number of rotatable bonds is 5. The number of carbonyl (C=O) groups is 2. The van der Waals surface area contributed by atoms with Crippen LogP contribution in [-0.2, 0) is 0 Å². The van der Waals surface area contributed by atoms with Crippen LogP contribution in [0.1, 0.15) is 26.3 Å². The lowest BCUT2D eigenvalue weighted by molar-refractivity contribution is 0.0693. The fourth-order valence-corrected chi connectivity index (χ4v) is 2.23. The number of nitrogens with zero attached hydrogens (tertiary/aromatic N) is 1. The summed E-state index contributed by atoms with van der Waals surface area (Å²) >= 11 is 3.28. The predicted octanol–water partition coefficient (Wildman–Crippen LogP) is 2.92. The SMILES string of the molecule is COc1ccc(/C=N\NC(=O)c2cccc(Br)c2)cc1C(=O)O. The van der Waals surface area contributed by atoms with E-state index < -0.39 is 5.97 Å². The fourth-order valence-electron chi connectivity index (χ4n) is 1.83. The molecule has 0 aliphatic heterocycles. The van der Waals surface area contributed by atoms with Gasteiger partial charge < -0.3 is 9.84 Å². The van der Waals surface area contributed by atoms with E-state index in [-0.39, 0.29) is 17.2 Å². The average Bonchev–Trinajstić information content (AvgIpc) is 2.54. The summed E-state index contributed by atoms with van der Waals surface area (Å²) in [5.74, 6) is -1.21. The number of ether oxygens (including phenoxy) is 1. The van der Waals surface area contributed by atoms with Gasteiger partial charge in [0.05, 0.1) is 13.3 Å². The number of aromatic carboxylic acids is 1. The number of nitrogens with one attached hydrogen (secondary N) is 1. The summed E-state index contributed by atoms with van der Waals surface area (Å²) in [4.78, 5) is 23.0. The Hall–Kier alpha value is -2.67. The monoisotopic (exact) mass is 376 g/mol. The third-order valence-corrected chi connectivity index (χ3v) is 3.41. The van der Waals surface area contributed by atoms with Crippen LogP contribution in [-0.4, -0.2) is 30.3 Å². The van der Waals surface area contributed by atoms with E-state index in [1.165, 1.54) is 25.5 Å². The molecule has 0 unspecified atom stereocenters. The molecule has 2 N–H and O–H groups in total. The van der Waals surface area contributed by atoms with E-state index in [1.807, 2.05) is 6.07 Å². The van der Waals surface area contributed by atoms with E-state index >= 15 is 0 Å². The van der Waals surface area contributed by atoms with Crippen molar-refractivity contribution in [2.24, 2.45) is 5.10 Å². The average molecular weight is 377 g/mol. The molecule has 118 valence electrons. The summed E-state index contributed by atoms with van der Waals surface area (Å²) in [7, 11) is 1.40. The number of hydrazone groups is 1. The number of hydrogen-bond donors (Lipinski definition) is 2. The number of methoxy groups -OCH3 is 1. The Balaban J connectivity index is 2.10. The maximum Gasteiger partial charge on any atom is 0.339 e. The van der Waals surface area contributed by atoms with E-state index in [4.69, 9.17) is 9.84 Å².